The molecule has 0 aromatic heterocycles. The second kappa shape index (κ2) is 6.40. The first kappa shape index (κ1) is 18.3. The molecule has 1 amide bonds. The molecule has 0 bridgehead atoms. The Kier molecular flexibility index (Phi) is 4.05. The van der Waals surface area contributed by atoms with E-state index < -0.39 is 29.1 Å². The monoisotopic (exact) mass is 410 g/mol. The number of Topliss-reactive ketones (excluding diaryl/α,β-unsaturated/α-hetero) is 1. The lowest BCUT2D eigenvalue weighted by atomic mass is 9.69. The Morgan fingerprint density at radius 3 is 2.59 bits per heavy atom. The van der Waals surface area contributed by atoms with Gasteiger partial charge in [-0.1, -0.05) is 41.9 Å². The maximum atomic E-state index is 13.5. The van der Waals surface area contributed by atoms with Gasteiger partial charge in [-0.15, -0.1) is 0 Å². The van der Waals surface area contributed by atoms with Gasteiger partial charge in [0.05, 0.1) is 5.92 Å². The summed E-state index contributed by atoms with van der Waals surface area (Å²) >= 11 is 6.07. The van der Waals surface area contributed by atoms with Crippen LogP contribution in [-0.2, 0) is 19.9 Å². The number of nitrogens with one attached hydrogen (secondary N) is 1. The molecule has 2 fully saturated rings. The van der Waals surface area contributed by atoms with Gasteiger partial charge in [0.1, 0.15) is 5.54 Å². The number of hydrogen-bond acceptors (Lipinski definition) is 4. The lowest BCUT2D eigenvalue weighted by Crippen LogP contribution is -2.50. The van der Waals surface area contributed by atoms with E-state index >= 15 is 0 Å². The standard InChI is InChI=1S/C22H19ClN2O4/c23-13-9-7-12(8-10-13)18-17(19(26)20(27)28)16-6-3-11-25(16)22(18)14-4-1-2-5-15(14)24-21(22)29/h1-2,4-5,7-10,16-18H,3,6,11H2,(H,24,29)(H,27,28). The van der Waals surface area contributed by atoms with Crippen LogP contribution >= 0.6 is 11.6 Å². The van der Waals surface area contributed by atoms with Gasteiger partial charge < -0.3 is 10.4 Å². The number of fused-ring (bicyclic) bond motifs is 4. The normalized spacial score (nSPS) is 30.2. The molecule has 2 aromatic carbocycles. The summed E-state index contributed by atoms with van der Waals surface area (Å²) in [6.45, 7) is 0.639. The number of ketones is 1. The van der Waals surface area contributed by atoms with E-state index in [1.807, 2.05) is 24.3 Å². The van der Waals surface area contributed by atoms with Crippen LogP contribution in [0.15, 0.2) is 48.5 Å². The van der Waals surface area contributed by atoms with Gasteiger partial charge in [-0.05, 0) is 43.1 Å². The molecule has 1 spiro atoms. The maximum Gasteiger partial charge on any atom is 0.372 e. The fraction of sp³-hybridized carbons (Fsp3) is 0.318. The summed E-state index contributed by atoms with van der Waals surface area (Å²) < 4.78 is 0. The molecule has 148 valence electrons. The molecule has 4 atom stereocenters. The Hall–Kier alpha value is -2.70. The molecular formula is C22H19ClN2O4. The smallest absolute Gasteiger partial charge is 0.372 e. The second-order valence-corrected chi connectivity index (χ2v) is 8.33. The molecule has 29 heavy (non-hydrogen) atoms. The number of benzene rings is 2. The number of halogens is 1. The molecular weight excluding hydrogens is 392 g/mol. The average Bonchev–Trinajstić information content (AvgIpc) is 3.36. The first-order chi connectivity index (χ1) is 14.0. The fourth-order valence-electron chi connectivity index (χ4n) is 5.71. The highest BCUT2D eigenvalue weighted by molar-refractivity contribution is 6.34. The van der Waals surface area contributed by atoms with Crippen LogP contribution in [0.5, 0.6) is 0 Å². The van der Waals surface area contributed by atoms with Crippen molar-refractivity contribution in [3.05, 3.63) is 64.7 Å². The highest BCUT2D eigenvalue weighted by Crippen LogP contribution is 2.61. The van der Waals surface area contributed by atoms with E-state index in [2.05, 4.69) is 10.2 Å². The molecule has 3 aliphatic rings. The summed E-state index contributed by atoms with van der Waals surface area (Å²) in [5.74, 6) is -3.92. The van der Waals surface area contributed by atoms with Crippen molar-refractivity contribution >= 4 is 34.9 Å². The van der Waals surface area contributed by atoms with E-state index in [0.29, 0.717) is 23.7 Å². The van der Waals surface area contributed by atoms with Crippen molar-refractivity contribution in [2.75, 3.05) is 11.9 Å². The van der Waals surface area contributed by atoms with Gasteiger partial charge >= 0.3 is 5.97 Å². The van der Waals surface area contributed by atoms with Crippen LogP contribution in [0.25, 0.3) is 0 Å². The van der Waals surface area contributed by atoms with E-state index in [-0.39, 0.29) is 11.9 Å². The molecule has 0 radical (unpaired) electrons. The van der Waals surface area contributed by atoms with Crippen molar-refractivity contribution in [3.8, 4) is 0 Å². The summed E-state index contributed by atoms with van der Waals surface area (Å²) in [5, 5.41) is 13.1. The van der Waals surface area contributed by atoms with Crippen molar-refractivity contribution in [1.29, 1.82) is 0 Å². The maximum absolute atomic E-state index is 13.5. The number of rotatable bonds is 3. The Morgan fingerprint density at radius 1 is 1.14 bits per heavy atom. The summed E-state index contributed by atoms with van der Waals surface area (Å²) in [6, 6.07) is 14.2. The van der Waals surface area contributed by atoms with Crippen molar-refractivity contribution in [2.45, 2.75) is 30.3 Å². The van der Waals surface area contributed by atoms with Crippen LogP contribution in [0.4, 0.5) is 5.69 Å². The highest BCUT2D eigenvalue weighted by Gasteiger charge is 2.69. The van der Waals surface area contributed by atoms with Gasteiger partial charge in [-0.25, -0.2) is 4.79 Å². The fourth-order valence-corrected chi connectivity index (χ4v) is 5.84. The summed E-state index contributed by atoms with van der Waals surface area (Å²) in [7, 11) is 0. The van der Waals surface area contributed by atoms with Gasteiger partial charge in [0.25, 0.3) is 0 Å². The van der Waals surface area contributed by atoms with Gasteiger partial charge in [-0.3, -0.25) is 14.5 Å². The topological polar surface area (TPSA) is 86.7 Å². The third kappa shape index (κ3) is 2.36. The zero-order valence-electron chi connectivity index (χ0n) is 15.5. The van der Waals surface area contributed by atoms with E-state index in [0.717, 1.165) is 17.5 Å². The van der Waals surface area contributed by atoms with E-state index in [1.54, 1.807) is 24.3 Å². The molecule has 4 unspecified atom stereocenters. The number of para-hydroxylation sites is 1. The molecule has 0 saturated carbocycles. The van der Waals surface area contributed by atoms with Crippen molar-refractivity contribution in [1.82, 2.24) is 4.90 Å². The average molecular weight is 411 g/mol. The number of anilines is 1. The molecule has 2 aromatic rings. The predicted octanol–water partition coefficient (Wildman–Crippen LogP) is 3.02. The highest BCUT2D eigenvalue weighted by atomic mass is 35.5. The third-order valence-corrected chi connectivity index (χ3v) is 6.90. The molecule has 6 nitrogen and oxygen atoms in total. The van der Waals surface area contributed by atoms with Crippen LogP contribution in [0.2, 0.25) is 5.02 Å². The van der Waals surface area contributed by atoms with Crippen LogP contribution < -0.4 is 5.32 Å². The number of carbonyl (C=O) groups is 3. The molecule has 2 saturated heterocycles. The zero-order chi connectivity index (χ0) is 20.3. The first-order valence-electron chi connectivity index (χ1n) is 9.66. The lowest BCUT2D eigenvalue weighted by Gasteiger charge is -2.37. The minimum absolute atomic E-state index is 0.203. The zero-order valence-corrected chi connectivity index (χ0v) is 16.2. The number of carboxylic acid groups (broad SMARTS) is 1. The molecule has 2 N–H and O–H groups in total. The van der Waals surface area contributed by atoms with Gasteiger partial charge in [0.15, 0.2) is 0 Å². The number of aliphatic carboxylic acids is 1. The lowest BCUT2D eigenvalue weighted by molar-refractivity contribution is -0.151. The predicted molar refractivity (Wildman–Crippen MR) is 107 cm³/mol. The Bertz CT molecular complexity index is 1040. The Morgan fingerprint density at radius 2 is 1.86 bits per heavy atom. The van der Waals surface area contributed by atoms with E-state index in [1.165, 1.54) is 0 Å². The van der Waals surface area contributed by atoms with Gasteiger partial charge in [0, 0.05) is 28.2 Å². The van der Waals surface area contributed by atoms with Crippen molar-refractivity contribution in [2.24, 2.45) is 5.92 Å². The number of nitrogens with zero attached hydrogens (tertiary/aromatic N) is 1. The molecule has 3 aliphatic heterocycles. The largest absolute Gasteiger partial charge is 0.475 e. The van der Waals surface area contributed by atoms with E-state index in [4.69, 9.17) is 11.6 Å². The SMILES string of the molecule is O=C(O)C(=O)C1C2CCCN2C2(C(=O)Nc3ccccc32)C1c1ccc(Cl)cc1. The summed E-state index contributed by atoms with van der Waals surface area (Å²) in [4.78, 5) is 40.3. The molecule has 0 aliphatic carbocycles. The first-order valence-corrected chi connectivity index (χ1v) is 10.0. The summed E-state index contributed by atoms with van der Waals surface area (Å²) in [6.07, 6.45) is 1.50. The minimum Gasteiger partial charge on any atom is -0.475 e. The number of carbonyl (C=O) groups excluding carboxylic acids is 2. The summed E-state index contributed by atoms with van der Waals surface area (Å²) in [5.41, 5.74) is 1.15. The second-order valence-electron chi connectivity index (χ2n) is 7.89. The third-order valence-electron chi connectivity index (χ3n) is 6.65. The number of carboxylic acids is 1. The Labute approximate surface area is 172 Å². The van der Waals surface area contributed by atoms with Crippen molar-refractivity contribution in [3.63, 3.8) is 0 Å². The van der Waals surface area contributed by atoms with Crippen LogP contribution in [0.3, 0.4) is 0 Å². The molecule has 5 rings (SSSR count). The number of hydrogen-bond donors (Lipinski definition) is 2. The van der Waals surface area contributed by atoms with Crippen molar-refractivity contribution < 1.29 is 19.5 Å². The minimum atomic E-state index is -1.45. The van der Waals surface area contributed by atoms with E-state index in [9.17, 15) is 19.5 Å². The van der Waals surface area contributed by atoms with Gasteiger partial charge in [-0.2, -0.15) is 0 Å². The Balaban J connectivity index is 1.80. The quantitative estimate of drug-likeness (QED) is 0.759. The van der Waals surface area contributed by atoms with Crippen LogP contribution in [-0.4, -0.2) is 40.3 Å². The van der Waals surface area contributed by atoms with Gasteiger partial charge in [0.2, 0.25) is 11.7 Å². The molecule has 7 heteroatoms. The molecule has 3 heterocycles. The van der Waals surface area contributed by atoms with Crippen LogP contribution in [0, 0.1) is 5.92 Å². The number of amides is 1. The van der Waals surface area contributed by atoms with Crippen LogP contribution in [0.1, 0.15) is 29.9 Å².